The molecule has 0 bridgehead atoms. The first-order valence-corrected chi connectivity index (χ1v) is 12.4. The molecule has 1 N–H and O–H groups in total. The van der Waals surface area contributed by atoms with E-state index in [1.807, 2.05) is 22.9 Å². The number of hydrogen-bond acceptors (Lipinski definition) is 6. The SMILES string of the molecule is Cc1cc2cc([C@H](c3nnnn3C[C@H]3CCCO3)N3c4ccccc4C[C@@H]3C)c(=O)[nH]c2cc1C. The number of fused-ring (bicyclic) bond motifs is 2. The number of ether oxygens (including phenoxy) is 1. The first kappa shape index (κ1) is 22.0. The van der Waals surface area contributed by atoms with Gasteiger partial charge in [0.15, 0.2) is 5.82 Å². The van der Waals surface area contributed by atoms with E-state index in [0.717, 1.165) is 48.0 Å². The second-order valence-electron chi connectivity index (χ2n) is 9.92. The van der Waals surface area contributed by atoms with Gasteiger partial charge in [-0.15, -0.1) is 5.10 Å². The van der Waals surface area contributed by atoms with E-state index < -0.39 is 6.04 Å². The van der Waals surface area contributed by atoms with Crippen molar-refractivity contribution in [3.05, 3.63) is 80.9 Å². The van der Waals surface area contributed by atoms with Crippen LogP contribution in [0.4, 0.5) is 5.69 Å². The summed E-state index contributed by atoms with van der Waals surface area (Å²) in [6.07, 6.45) is 3.03. The standard InChI is InChI=1S/C27H30N6O2/c1-16-11-20-14-22(27(34)28-23(20)12-17(16)2)25(33-18(3)13-19-7-4-5-9-24(19)33)26-29-30-31-32(26)15-21-8-6-10-35-21/h4-5,7,9,11-12,14,18,21,25H,6,8,10,13,15H2,1-3H3,(H,28,34)/t18-,21+,25+/m0/s1. The molecule has 1 saturated heterocycles. The second kappa shape index (κ2) is 8.61. The summed E-state index contributed by atoms with van der Waals surface area (Å²) in [6.45, 7) is 7.70. The minimum atomic E-state index is -0.431. The van der Waals surface area contributed by atoms with Crippen molar-refractivity contribution in [3.63, 3.8) is 0 Å². The van der Waals surface area contributed by atoms with Crippen molar-refractivity contribution >= 4 is 16.6 Å². The number of aromatic amines is 1. The highest BCUT2D eigenvalue weighted by Gasteiger charge is 2.38. The van der Waals surface area contributed by atoms with Gasteiger partial charge in [-0.3, -0.25) is 4.79 Å². The van der Waals surface area contributed by atoms with E-state index in [9.17, 15) is 4.79 Å². The van der Waals surface area contributed by atoms with Gasteiger partial charge in [0.25, 0.3) is 5.56 Å². The maximum atomic E-state index is 13.6. The number of pyridine rings is 1. The van der Waals surface area contributed by atoms with Gasteiger partial charge in [-0.05, 0) is 96.8 Å². The molecular formula is C27H30N6O2. The zero-order chi connectivity index (χ0) is 24.1. The van der Waals surface area contributed by atoms with Gasteiger partial charge < -0.3 is 14.6 Å². The number of aromatic nitrogens is 5. The molecular weight excluding hydrogens is 440 g/mol. The maximum absolute atomic E-state index is 13.6. The Balaban J connectivity index is 1.54. The third-order valence-corrected chi connectivity index (χ3v) is 7.52. The molecule has 1 fully saturated rings. The molecule has 6 rings (SSSR count). The van der Waals surface area contributed by atoms with Crippen LogP contribution in [-0.2, 0) is 17.7 Å². The monoisotopic (exact) mass is 470 g/mol. The fourth-order valence-corrected chi connectivity index (χ4v) is 5.61. The molecule has 0 radical (unpaired) electrons. The van der Waals surface area contributed by atoms with Gasteiger partial charge >= 0.3 is 0 Å². The van der Waals surface area contributed by atoms with Crippen LogP contribution >= 0.6 is 0 Å². The summed E-state index contributed by atoms with van der Waals surface area (Å²) in [5, 5.41) is 13.9. The first-order valence-electron chi connectivity index (χ1n) is 12.4. The number of H-pyrrole nitrogens is 1. The molecule has 2 aliphatic heterocycles. The molecule has 8 nitrogen and oxygen atoms in total. The van der Waals surface area contributed by atoms with Gasteiger partial charge in [0.2, 0.25) is 0 Å². The predicted molar refractivity (Wildman–Crippen MR) is 135 cm³/mol. The first-order chi connectivity index (χ1) is 17.0. The molecule has 0 unspecified atom stereocenters. The molecule has 4 heterocycles. The second-order valence-corrected chi connectivity index (χ2v) is 9.92. The van der Waals surface area contributed by atoms with Gasteiger partial charge in [0.05, 0.1) is 12.6 Å². The Labute approximate surface area is 203 Å². The smallest absolute Gasteiger partial charge is 0.254 e. The summed E-state index contributed by atoms with van der Waals surface area (Å²) in [5.41, 5.74) is 6.11. The van der Waals surface area contributed by atoms with Crippen LogP contribution in [-0.4, -0.2) is 43.9 Å². The van der Waals surface area contributed by atoms with Crippen LogP contribution in [0.3, 0.4) is 0 Å². The van der Waals surface area contributed by atoms with E-state index in [1.165, 1.54) is 11.1 Å². The summed E-state index contributed by atoms with van der Waals surface area (Å²) in [6, 6.07) is 14.4. The third-order valence-electron chi connectivity index (χ3n) is 7.52. The largest absolute Gasteiger partial charge is 0.376 e. The molecule has 2 aromatic carbocycles. The number of rotatable bonds is 5. The van der Waals surface area contributed by atoms with Crippen LogP contribution in [0.5, 0.6) is 0 Å². The molecule has 0 amide bonds. The number of nitrogens with one attached hydrogen (secondary N) is 1. The van der Waals surface area contributed by atoms with Crippen LogP contribution in [0.15, 0.2) is 47.3 Å². The van der Waals surface area contributed by atoms with E-state index in [1.54, 1.807) is 0 Å². The van der Waals surface area contributed by atoms with Gasteiger partial charge in [-0.1, -0.05) is 18.2 Å². The summed E-state index contributed by atoms with van der Waals surface area (Å²) < 4.78 is 7.71. The summed E-state index contributed by atoms with van der Waals surface area (Å²) in [4.78, 5) is 19.1. The van der Waals surface area contributed by atoms with Crippen molar-refractivity contribution in [1.82, 2.24) is 25.2 Å². The van der Waals surface area contributed by atoms with Crippen molar-refractivity contribution in [3.8, 4) is 0 Å². The van der Waals surface area contributed by atoms with E-state index in [2.05, 4.69) is 70.4 Å². The van der Waals surface area contributed by atoms with Crippen molar-refractivity contribution < 1.29 is 4.74 Å². The molecule has 0 aliphatic carbocycles. The fourth-order valence-electron chi connectivity index (χ4n) is 5.61. The number of anilines is 1. The van der Waals surface area contributed by atoms with E-state index in [-0.39, 0.29) is 17.7 Å². The minimum Gasteiger partial charge on any atom is -0.376 e. The highest BCUT2D eigenvalue weighted by molar-refractivity contribution is 5.81. The average molecular weight is 471 g/mol. The number of nitrogens with zero attached hydrogens (tertiary/aromatic N) is 5. The molecule has 8 heteroatoms. The van der Waals surface area contributed by atoms with Gasteiger partial charge in [-0.2, -0.15) is 0 Å². The average Bonchev–Trinajstić information content (AvgIpc) is 3.58. The fraction of sp³-hybridized carbons (Fsp3) is 0.407. The minimum absolute atomic E-state index is 0.0849. The molecule has 2 aromatic heterocycles. The lowest BCUT2D eigenvalue weighted by Gasteiger charge is -2.33. The zero-order valence-corrected chi connectivity index (χ0v) is 20.4. The molecule has 35 heavy (non-hydrogen) atoms. The lowest BCUT2D eigenvalue weighted by Crippen LogP contribution is -2.39. The van der Waals surface area contributed by atoms with Crippen molar-refractivity contribution in [1.29, 1.82) is 0 Å². The Bertz CT molecular complexity index is 1450. The molecule has 3 atom stereocenters. The Morgan fingerprint density at radius 1 is 1.17 bits per heavy atom. The highest BCUT2D eigenvalue weighted by atomic mass is 16.5. The van der Waals surface area contributed by atoms with Crippen molar-refractivity contribution in [2.45, 2.75) is 64.8 Å². The summed E-state index contributed by atoms with van der Waals surface area (Å²) in [5.74, 6) is 0.665. The van der Waals surface area contributed by atoms with Crippen LogP contribution in [0.2, 0.25) is 0 Å². The summed E-state index contributed by atoms with van der Waals surface area (Å²) >= 11 is 0. The third kappa shape index (κ3) is 3.82. The lowest BCUT2D eigenvalue weighted by molar-refractivity contribution is 0.0924. The number of benzene rings is 2. The van der Waals surface area contributed by atoms with Crippen molar-refractivity contribution in [2.75, 3.05) is 11.5 Å². The van der Waals surface area contributed by atoms with Crippen LogP contribution in [0.25, 0.3) is 10.9 Å². The number of hydrogen-bond donors (Lipinski definition) is 1. The Hall–Kier alpha value is -3.52. The molecule has 2 aliphatic rings. The normalized spacial score (nSPS) is 20.5. The van der Waals surface area contributed by atoms with Crippen LogP contribution in [0.1, 0.15) is 53.9 Å². The van der Waals surface area contributed by atoms with E-state index in [4.69, 9.17) is 4.74 Å². The lowest BCUT2D eigenvalue weighted by atomic mass is 10.00. The van der Waals surface area contributed by atoms with Crippen LogP contribution in [0, 0.1) is 13.8 Å². The van der Waals surface area contributed by atoms with Gasteiger partial charge in [0, 0.05) is 29.4 Å². The molecule has 0 spiro atoms. The number of para-hydroxylation sites is 1. The topological polar surface area (TPSA) is 88.9 Å². The highest BCUT2D eigenvalue weighted by Crippen LogP contribution is 2.40. The zero-order valence-electron chi connectivity index (χ0n) is 20.4. The van der Waals surface area contributed by atoms with Crippen molar-refractivity contribution in [2.24, 2.45) is 0 Å². The Morgan fingerprint density at radius 2 is 2.00 bits per heavy atom. The maximum Gasteiger partial charge on any atom is 0.254 e. The van der Waals surface area contributed by atoms with Gasteiger partial charge in [0.1, 0.15) is 6.04 Å². The Kier molecular flexibility index (Phi) is 5.40. The Morgan fingerprint density at radius 3 is 2.83 bits per heavy atom. The van der Waals surface area contributed by atoms with Crippen LogP contribution < -0.4 is 10.5 Å². The predicted octanol–water partition coefficient (Wildman–Crippen LogP) is 3.85. The summed E-state index contributed by atoms with van der Waals surface area (Å²) in [7, 11) is 0. The number of aryl methyl sites for hydroxylation is 2. The molecule has 4 aromatic rings. The van der Waals surface area contributed by atoms with E-state index in [0.29, 0.717) is 17.9 Å². The quantitative estimate of drug-likeness (QED) is 0.477. The van der Waals surface area contributed by atoms with E-state index >= 15 is 0 Å². The molecule has 0 saturated carbocycles. The van der Waals surface area contributed by atoms with Gasteiger partial charge in [-0.25, -0.2) is 4.68 Å². The molecule has 180 valence electrons. The number of tetrazole rings is 1.